The van der Waals surface area contributed by atoms with E-state index in [9.17, 15) is 9.59 Å². The molecule has 0 saturated carbocycles. The molecular formula is C21H19ClN4O2. The predicted octanol–water partition coefficient (Wildman–Crippen LogP) is 5.00. The van der Waals surface area contributed by atoms with Crippen molar-refractivity contribution in [2.45, 2.75) is 13.8 Å². The number of amides is 2. The molecule has 7 heteroatoms. The largest absolute Gasteiger partial charge is 0.354 e. The lowest BCUT2D eigenvalue weighted by molar-refractivity contribution is -0.114. The van der Waals surface area contributed by atoms with Gasteiger partial charge in [-0.3, -0.25) is 9.59 Å². The van der Waals surface area contributed by atoms with E-state index in [1.54, 1.807) is 42.6 Å². The molecule has 0 aliphatic carbocycles. The summed E-state index contributed by atoms with van der Waals surface area (Å²) in [4.78, 5) is 27.8. The van der Waals surface area contributed by atoms with E-state index in [2.05, 4.69) is 20.9 Å². The summed E-state index contributed by atoms with van der Waals surface area (Å²) in [7, 11) is 0. The Balaban J connectivity index is 1.68. The van der Waals surface area contributed by atoms with Gasteiger partial charge in [-0.15, -0.1) is 0 Å². The summed E-state index contributed by atoms with van der Waals surface area (Å²) in [6, 6.07) is 15.9. The summed E-state index contributed by atoms with van der Waals surface area (Å²) in [5.41, 5.74) is 4.11. The minimum atomic E-state index is -0.342. The molecule has 0 radical (unpaired) electrons. The summed E-state index contributed by atoms with van der Waals surface area (Å²) >= 11 is 6.03. The average molecular weight is 395 g/mol. The predicted molar refractivity (Wildman–Crippen MR) is 112 cm³/mol. The number of carbonyl (C=O) groups excluding carboxylic acids is 2. The second kappa shape index (κ2) is 8.54. The van der Waals surface area contributed by atoms with Crippen molar-refractivity contribution in [1.82, 2.24) is 4.98 Å². The van der Waals surface area contributed by atoms with Crippen molar-refractivity contribution in [3.8, 4) is 0 Å². The maximum atomic E-state index is 12.4. The molecule has 2 amide bonds. The van der Waals surface area contributed by atoms with Crippen LogP contribution in [0, 0.1) is 6.92 Å². The molecule has 1 aromatic heterocycles. The zero-order valence-electron chi connectivity index (χ0n) is 15.4. The fraction of sp³-hybridized carbons (Fsp3) is 0.0952. The van der Waals surface area contributed by atoms with E-state index in [0.29, 0.717) is 16.4 Å². The lowest BCUT2D eigenvalue weighted by Gasteiger charge is -2.11. The average Bonchev–Trinajstić information content (AvgIpc) is 2.65. The van der Waals surface area contributed by atoms with Crippen LogP contribution in [-0.4, -0.2) is 16.8 Å². The van der Waals surface area contributed by atoms with Crippen LogP contribution in [0.25, 0.3) is 0 Å². The Morgan fingerprint density at radius 2 is 1.68 bits per heavy atom. The second-order valence-electron chi connectivity index (χ2n) is 6.23. The quantitative estimate of drug-likeness (QED) is 0.568. The number of nitrogens with zero attached hydrogens (tertiary/aromatic N) is 1. The number of aromatic nitrogens is 1. The molecule has 6 nitrogen and oxygen atoms in total. The minimum Gasteiger partial charge on any atom is -0.354 e. The summed E-state index contributed by atoms with van der Waals surface area (Å²) in [5.74, 6) is -0.520. The highest BCUT2D eigenvalue weighted by Crippen LogP contribution is 2.24. The molecule has 3 rings (SSSR count). The highest BCUT2D eigenvalue weighted by Gasteiger charge is 2.09. The van der Waals surface area contributed by atoms with Crippen LogP contribution in [0.5, 0.6) is 0 Å². The summed E-state index contributed by atoms with van der Waals surface area (Å²) in [6.07, 6.45) is 1.59. The zero-order chi connectivity index (χ0) is 20.1. The number of benzene rings is 2. The van der Waals surface area contributed by atoms with E-state index >= 15 is 0 Å². The van der Waals surface area contributed by atoms with Crippen LogP contribution in [0.1, 0.15) is 23.0 Å². The fourth-order valence-electron chi connectivity index (χ4n) is 2.56. The summed E-state index contributed by atoms with van der Waals surface area (Å²) < 4.78 is 0. The van der Waals surface area contributed by atoms with Crippen molar-refractivity contribution >= 4 is 46.2 Å². The van der Waals surface area contributed by atoms with Crippen LogP contribution in [0.3, 0.4) is 0 Å². The fourth-order valence-corrected chi connectivity index (χ4v) is 2.73. The number of aryl methyl sites for hydroxylation is 1. The van der Waals surface area contributed by atoms with E-state index in [1.165, 1.54) is 6.92 Å². The third-order valence-electron chi connectivity index (χ3n) is 3.92. The van der Waals surface area contributed by atoms with Crippen molar-refractivity contribution in [1.29, 1.82) is 0 Å². The van der Waals surface area contributed by atoms with Gasteiger partial charge in [-0.05, 0) is 55.0 Å². The highest BCUT2D eigenvalue weighted by molar-refractivity contribution is 6.30. The third-order valence-corrected chi connectivity index (χ3v) is 4.15. The van der Waals surface area contributed by atoms with E-state index in [0.717, 1.165) is 16.9 Å². The minimum absolute atomic E-state index is 0.178. The van der Waals surface area contributed by atoms with Gasteiger partial charge in [-0.1, -0.05) is 23.7 Å². The van der Waals surface area contributed by atoms with Crippen LogP contribution in [-0.2, 0) is 4.79 Å². The number of anilines is 4. The van der Waals surface area contributed by atoms with Crippen molar-refractivity contribution in [2.24, 2.45) is 0 Å². The number of halogens is 1. The SMILES string of the molecule is CC(=O)Nc1cccc(NC(=O)c2ccc(Nc3cc(Cl)ccc3C)cn2)c1. The number of hydrogen-bond donors (Lipinski definition) is 3. The Labute approximate surface area is 168 Å². The molecule has 0 aliphatic rings. The molecule has 28 heavy (non-hydrogen) atoms. The monoisotopic (exact) mass is 394 g/mol. The van der Waals surface area contributed by atoms with Crippen molar-refractivity contribution in [3.05, 3.63) is 77.1 Å². The number of pyridine rings is 1. The van der Waals surface area contributed by atoms with Gasteiger partial charge in [0.15, 0.2) is 0 Å². The maximum absolute atomic E-state index is 12.4. The molecule has 2 aromatic carbocycles. The lowest BCUT2D eigenvalue weighted by Crippen LogP contribution is -2.14. The Morgan fingerprint density at radius 1 is 0.929 bits per heavy atom. The van der Waals surface area contributed by atoms with Gasteiger partial charge in [0.05, 0.1) is 11.9 Å². The molecule has 142 valence electrons. The Morgan fingerprint density at radius 3 is 2.36 bits per heavy atom. The van der Waals surface area contributed by atoms with E-state index in [-0.39, 0.29) is 17.5 Å². The van der Waals surface area contributed by atoms with Crippen molar-refractivity contribution in [2.75, 3.05) is 16.0 Å². The number of hydrogen-bond acceptors (Lipinski definition) is 4. The molecule has 0 unspecified atom stereocenters. The van der Waals surface area contributed by atoms with Gasteiger partial charge in [0.25, 0.3) is 5.91 Å². The van der Waals surface area contributed by atoms with Gasteiger partial charge < -0.3 is 16.0 Å². The van der Waals surface area contributed by atoms with E-state index < -0.39 is 0 Å². The normalized spacial score (nSPS) is 10.2. The van der Waals surface area contributed by atoms with Gasteiger partial charge in [-0.25, -0.2) is 4.98 Å². The van der Waals surface area contributed by atoms with Gasteiger partial charge in [0.2, 0.25) is 5.91 Å². The first-order valence-corrected chi connectivity index (χ1v) is 8.97. The molecule has 0 aliphatic heterocycles. The summed E-state index contributed by atoms with van der Waals surface area (Å²) in [6.45, 7) is 3.40. The summed E-state index contributed by atoms with van der Waals surface area (Å²) in [5, 5.41) is 9.31. The Bertz CT molecular complexity index is 1020. The Kier molecular flexibility index (Phi) is 5.91. The molecule has 0 bridgehead atoms. The first-order chi connectivity index (χ1) is 13.4. The maximum Gasteiger partial charge on any atom is 0.274 e. The molecule has 3 aromatic rings. The van der Waals surface area contributed by atoms with Crippen LogP contribution < -0.4 is 16.0 Å². The van der Waals surface area contributed by atoms with E-state index in [1.807, 2.05) is 25.1 Å². The second-order valence-corrected chi connectivity index (χ2v) is 6.67. The topological polar surface area (TPSA) is 83.1 Å². The molecule has 3 N–H and O–H groups in total. The first kappa shape index (κ1) is 19.4. The van der Waals surface area contributed by atoms with Crippen LogP contribution in [0.15, 0.2) is 60.8 Å². The Hall–Kier alpha value is -3.38. The number of rotatable bonds is 5. The smallest absolute Gasteiger partial charge is 0.274 e. The molecule has 0 atom stereocenters. The van der Waals surface area contributed by atoms with Gasteiger partial charge in [0, 0.05) is 29.0 Å². The lowest BCUT2D eigenvalue weighted by atomic mass is 10.2. The molecular weight excluding hydrogens is 376 g/mol. The first-order valence-electron chi connectivity index (χ1n) is 8.59. The third kappa shape index (κ3) is 5.08. The van der Waals surface area contributed by atoms with Gasteiger partial charge in [0.1, 0.15) is 5.69 Å². The van der Waals surface area contributed by atoms with Crippen LogP contribution >= 0.6 is 11.6 Å². The van der Waals surface area contributed by atoms with Crippen LogP contribution in [0.2, 0.25) is 5.02 Å². The molecule has 0 spiro atoms. The van der Waals surface area contributed by atoms with Crippen molar-refractivity contribution in [3.63, 3.8) is 0 Å². The highest BCUT2D eigenvalue weighted by atomic mass is 35.5. The van der Waals surface area contributed by atoms with Crippen molar-refractivity contribution < 1.29 is 9.59 Å². The molecule has 0 saturated heterocycles. The number of nitrogens with one attached hydrogen (secondary N) is 3. The zero-order valence-corrected chi connectivity index (χ0v) is 16.2. The number of carbonyl (C=O) groups is 2. The van der Waals surface area contributed by atoms with E-state index in [4.69, 9.17) is 11.6 Å². The molecule has 1 heterocycles. The van der Waals surface area contributed by atoms with Gasteiger partial charge in [-0.2, -0.15) is 0 Å². The van der Waals surface area contributed by atoms with Crippen LogP contribution in [0.4, 0.5) is 22.7 Å². The standard InChI is InChI=1S/C21H19ClN4O2/c1-13-6-7-15(22)10-20(13)25-18-8-9-19(23-12-18)21(28)26-17-5-3-4-16(11-17)24-14(2)27/h3-12,25H,1-2H3,(H,24,27)(H,26,28). The molecule has 0 fully saturated rings. The van der Waals surface area contributed by atoms with Gasteiger partial charge >= 0.3 is 0 Å².